The van der Waals surface area contributed by atoms with Crippen molar-refractivity contribution in [1.82, 2.24) is 10.3 Å². The molecule has 0 saturated heterocycles. The van der Waals surface area contributed by atoms with E-state index in [1.165, 1.54) is 36.8 Å². The molecule has 1 amide bonds. The molecule has 0 bridgehead atoms. The number of thioether (sulfide) groups is 1. The quantitative estimate of drug-likeness (QED) is 0.553. The van der Waals surface area contributed by atoms with Gasteiger partial charge in [0.25, 0.3) is 5.91 Å². The summed E-state index contributed by atoms with van der Waals surface area (Å²) in [6.45, 7) is 0.551. The Labute approximate surface area is 177 Å². The Kier molecular flexibility index (Phi) is 6.63. The van der Waals surface area contributed by atoms with E-state index in [1.807, 2.05) is 48.5 Å². The van der Waals surface area contributed by atoms with E-state index in [-0.39, 0.29) is 11.8 Å². The Balaban J connectivity index is 1.50. The first-order chi connectivity index (χ1) is 14.3. The van der Waals surface area contributed by atoms with E-state index >= 15 is 0 Å². The zero-order chi connectivity index (χ0) is 19.9. The van der Waals surface area contributed by atoms with Gasteiger partial charge in [0, 0.05) is 23.9 Å². The van der Waals surface area contributed by atoms with Gasteiger partial charge in [-0.05, 0) is 36.1 Å². The SMILES string of the molecule is O=C(NCC(c1ccccc1)c1ccccc1)c1cccnc1SC1CCCC1. The van der Waals surface area contributed by atoms with Crippen LogP contribution in [0.2, 0.25) is 0 Å². The van der Waals surface area contributed by atoms with Gasteiger partial charge in [-0.25, -0.2) is 4.98 Å². The van der Waals surface area contributed by atoms with Gasteiger partial charge in [0.2, 0.25) is 0 Å². The van der Waals surface area contributed by atoms with E-state index in [0.29, 0.717) is 17.4 Å². The van der Waals surface area contributed by atoms with E-state index in [1.54, 1.807) is 18.0 Å². The fourth-order valence-corrected chi connectivity index (χ4v) is 5.20. The molecule has 1 aliphatic rings. The summed E-state index contributed by atoms with van der Waals surface area (Å²) in [5, 5.41) is 4.60. The topological polar surface area (TPSA) is 42.0 Å². The van der Waals surface area contributed by atoms with E-state index in [9.17, 15) is 4.79 Å². The Hall–Kier alpha value is -2.59. The smallest absolute Gasteiger partial charge is 0.254 e. The highest BCUT2D eigenvalue weighted by molar-refractivity contribution is 7.99. The second-order valence-corrected chi connectivity index (χ2v) is 8.75. The van der Waals surface area contributed by atoms with Gasteiger partial charge in [-0.1, -0.05) is 73.5 Å². The molecule has 0 atom stereocenters. The third kappa shape index (κ3) is 5.07. The van der Waals surface area contributed by atoms with Crippen LogP contribution in [0.3, 0.4) is 0 Å². The molecule has 1 heterocycles. The van der Waals surface area contributed by atoms with Gasteiger partial charge in [-0.2, -0.15) is 0 Å². The minimum absolute atomic E-state index is 0.0459. The van der Waals surface area contributed by atoms with Gasteiger partial charge in [0.15, 0.2) is 0 Å². The average molecular weight is 403 g/mol. The normalized spacial score (nSPS) is 14.2. The van der Waals surface area contributed by atoms with Crippen molar-refractivity contribution in [2.75, 3.05) is 6.54 Å². The Morgan fingerprint density at radius 1 is 0.931 bits per heavy atom. The fourth-order valence-electron chi connectivity index (χ4n) is 3.91. The predicted octanol–water partition coefficient (Wildman–Crippen LogP) is 5.68. The zero-order valence-electron chi connectivity index (χ0n) is 16.5. The zero-order valence-corrected chi connectivity index (χ0v) is 17.3. The molecule has 1 aliphatic carbocycles. The molecule has 2 aromatic carbocycles. The van der Waals surface area contributed by atoms with Crippen molar-refractivity contribution in [3.8, 4) is 0 Å². The predicted molar refractivity (Wildman–Crippen MR) is 119 cm³/mol. The summed E-state index contributed by atoms with van der Waals surface area (Å²) in [4.78, 5) is 17.6. The highest BCUT2D eigenvalue weighted by atomic mass is 32.2. The summed E-state index contributed by atoms with van der Waals surface area (Å²) in [6.07, 6.45) is 6.77. The molecule has 3 nitrogen and oxygen atoms in total. The van der Waals surface area contributed by atoms with E-state index in [4.69, 9.17) is 0 Å². The number of rotatable bonds is 7. The molecule has 0 aliphatic heterocycles. The van der Waals surface area contributed by atoms with Crippen LogP contribution in [0, 0.1) is 0 Å². The minimum Gasteiger partial charge on any atom is -0.351 e. The summed E-state index contributed by atoms with van der Waals surface area (Å²) >= 11 is 1.76. The number of carbonyl (C=O) groups is 1. The molecule has 148 valence electrons. The lowest BCUT2D eigenvalue weighted by Gasteiger charge is -2.19. The van der Waals surface area contributed by atoms with Crippen molar-refractivity contribution in [2.24, 2.45) is 0 Å². The highest BCUT2D eigenvalue weighted by Crippen LogP contribution is 2.35. The number of carbonyl (C=O) groups excluding carboxylic acids is 1. The monoisotopic (exact) mass is 402 g/mol. The third-order valence-corrected chi connectivity index (χ3v) is 6.82. The van der Waals surface area contributed by atoms with Crippen LogP contribution >= 0.6 is 11.8 Å². The van der Waals surface area contributed by atoms with Crippen molar-refractivity contribution in [3.05, 3.63) is 95.7 Å². The molecule has 29 heavy (non-hydrogen) atoms. The summed E-state index contributed by atoms with van der Waals surface area (Å²) in [7, 11) is 0. The van der Waals surface area contributed by atoms with Crippen LogP contribution in [0.25, 0.3) is 0 Å². The first-order valence-corrected chi connectivity index (χ1v) is 11.2. The summed E-state index contributed by atoms with van der Waals surface area (Å²) in [5.74, 6) is 0.0689. The summed E-state index contributed by atoms with van der Waals surface area (Å²) in [6, 6.07) is 24.4. The van der Waals surface area contributed by atoms with Crippen LogP contribution in [0.1, 0.15) is 53.1 Å². The number of amides is 1. The molecular formula is C25H26N2OS. The van der Waals surface area contributed by atoms with Crippen molar-refractivity contribution < 1.29 is 4.79 Å². The number of nitrogens with one attached hydrogen (secondary N) is 1. The Morgan fingerprint density at radius 2 is 1.55 bits per heavy atom. The van der Waals surface area contributed by atoms with E-state index in [0.717, 1.165) is 5.03 Å². The van der Waals surface area contributed by atoms with Crippen LogP contribution in [-0.2, 0) is 0 Å². The molecule has 1 aromatic heterocycles. The molecule has 1 N–H and O–H groups in total. The number of aromatic nitrogens is 1. The molecule has 1 saturated carbocycles. The Morgan fingerprint density at radius 3 is 2.17 bits per heavy atom. The molecular weight excluding hydrogens is 376 g/mol. The molecule has 1 fully saturated rings. The molecule has 0 spiro atoms. The fraction of sp³-hybridized carbons (Fsp3) is 0.280. The standard InChI is InChI=1S/C25H26N2OS/c28-24(22-16-9-17-26-25(22)29-21-14-7-8-15-21)27-18-23(19-10-3-1-4-11-19)20-12-5-2-6-13-20/h1-6,9-13,16-17,21,23H,7-8,14-15,18H2,(H,27,28). The van der Waals surface area contributed by atoms with Gasteiger partial charge in [-0.3, -0.25) is 4.79 Å². The molecule has 3 aromatic rings. The third-order valence-electron chi connectivity index (χ3n) is 5.47. The van der Waals surface area contributed by atoms with Crippen molar-refractivity contribution in [1.29, 1.82) is 0 Å². The van der Waals surface area contributed by atoms with Gasteiger partial charge in [0.05, 0.1) is 5.56 Å². The number of nitrogens with zero attached hydrogens (tertiary/aromatic N) is 1. The van der Waals surface area contributed by atoms with Crippen molar-refractivity contribution in [3.63, 3.8) is 0 Å². The van der Waals surface area contributed by atoms with Gasteiger partial charge >= 0.3 is 0 Å². The van der Waals surface area contributed by atoms with Gasteiger partial charge in [-0.15, -0.1) is 11.8 Å². The first kappa shape index (κ1) is 19.7. The van der Waals surface area contributed by atoms with Crippen LogP contribution in [0.4, 0.5) is 0 Å². The molecule has 4 heteroatoms. The average Bonchev–Trinajstić information content (AvgIpc) is 3.29. The van der Waals surface area contributed by atoms with Crippen LogP contribution in [-0.4, -0.2) is 22.7 Å². The lowest BCUT2D eigenvalue weighted by molar-refractivity contribution is 0.0949. The summed E-state index contributed by atoms with van der Waals surface area (Å²) in [5.41, 5.74) is 3.08. The minimum atomic E-state index is -0.0459. The van der Waals surface area contributed by atoms with Crippen molar-refractivity contribution >= 4 is 17.7 Å². The number of pyridine rings is 1. The summed E-state index contributed by atoms with van der Waals surface area (Å²) < 4.78 is 0. The second kappa shape index (κ2) is 9.75. The van der Waals surface area contributed by atoms with E-state index < -0.39 is 0 Å². The molecule has 4 rings (SSSR count). The molecule has 0 radical (unpaired) electrons. The lowest BCUT2D eigenvalue weighted by atomic mass is 9.91. The lowest BCUT2D eigenvalue weighted by Crippen LogP contribution is -2.29. The number of benzene rings is 2. The maximum Gasteiger partial charge on any atom is 0.254 e. The Bertz CT molecular complexity index is 884. The van der Waals surface area contributed by atoms with Crippen molar-refractivity contribution in [2.45, 2.75) is 41.9 Å². The largest absolute Gasteiger partial charge is 0.351 e. The number of hydrogen-bond donors (Lipinski definition) is 1. The second-order valence-electron chi connectivity index (χ2n) is 7.46. The molecule has 0 unspecified atom stereocenters. The van der Waals surface area contributed by atoms with Gasteiger partial charge in [0.1, 0.15) is 5.03 Å². The van der Waals surface area contributed by atoms with Crippen LogP contribution in [0.15, 0.2) is 84.0 Å². The highest BCUT2D eigenvalue weighted by Gasteiger charge is 2.21. The first-order valence-electron chi connectivity index (χ1n) is 10.3. The van der Waals surface area contributed by atoms with Crippen LogP contribution in [0.5, 0.6) is 0 Å². The maximum atomic E-state index is 13.0. The van der Waals surface area contributed by atoms with E-state index in [2.05, 4.69) is 34.6 Å². The maximum absolute atomic E-state index is 13.0. The van der Waals surface area contributed by atoms with Gasteiger partial charge < -0.3 is 5.32 Å². The number of hydrogen-bond acceptors (Lipinski definition) is 3. The van der Waals surface area contributed by atoms with Crippen LogP contribution < -0.4 is 5.32 Å².